The molecule has 1 aliphatic carbocycles. The normalized spacial score (nSPS) is 25.2. The molecular formula is C13H19NO4. The van der Waals surface area contributed by atoms with Crippen molar-refractivity contribution in [2.24, 2.45) is 0 Å². The van der Waals surface area contributed by atoms with E-state index in [9.17, 15) is 4.79 Å². The molecule has 3 atom stereocenters. The molecule has 0 spiro atoms. The first-order valence-electron chi connectivity index (χ1n) is 6.22. The minimum absolute atomic E-state index is 0.0127. The first-order chi connectivity index (χ1) is 8.60. The van der Waals surface area contributed by atoms with Crippen molar-refractivity contribution in [3.05, 3.63) is 23.7 Å². The Morgan fingerprint density at radius 3 is 2.89 bits per heavy atom. The lowest BCUT2D eigenvalue weighted by atomic mass is 10.2. The van der Waals surface area contributed by atoms with Crippen LogP contribution >= 0.6 is 0 Å². The predicted molar refractivity (Wildman–Crippen MR) is 65.7 cm³/mol. The van der Waals surface area contributed by atoms with Crippen molar-refractivity contribution in [3.8, 4) is 0 Å². The highest BCUT2D eigenvalue weighted by molar-refractivity contribution is 5.84. The number of methoxy groups -OCH3 is 1. The van der Waals surface area contributed by atoms with Crippen molar-refractivity contribution >= 4 is 5.97 Å². The van der Waals surface area contributed by atoms with Crippen LogP contribution in [0.25, 0.3) is 0 Å². The van der Waals surface area contributed by atoms with E-state index in [4.69, 9.17) is 14.3 Å². The van der Waals surface area contributed by atoms with E-state index in [1.807, 2.05) is 6.92 Å². The lowest BCUT2D eigenvalue weighted by Crippen LogP contribution is -2.29. The third-order valence-electron chi connectivity index (χ3n) is 3.47. The van der Waals surface area contributed by atoms with E-state index < -0.39 is 5.97 Å². The highest BCUT2D eigenvalue weighted by Gasteiger charge is 2.26. The Balaban J connectivity index is 1.91. The molecule has 0 saturated heterocycles. The SMILES string of the molecule is COC1CCC(NC(C)c2ccc(C(=O)O)o2)C1. The molecule has 1 saturated carbocycles. The third-order valence-corrected chi connectivity index (χ3v) is 3.47. The maximum Gasteiger partial charge on any atom is 0.371 e. The number of carboxylic acids is 1. The van der Waals surface area contributed by atoms with E-state index in [1.54, 1.807) is 13.2 Å². The van der Waals surface area contributed by atoms with Gasteiger partial charge in [0.05, 0.1) is 12.1 Å². The van der Waals surface area contributed by atoms with Crippen LogP contribution in [-0.4, -0.2) is 30.3 Å². The molecule has 0 radical (unpaired) electrons. The summed E-state index contributed by atoms with van der Waals surface area (Å²) in [7, 11) is 1.74. The summed E-state index contributed by atoms with van der Waals surface area (Å²) in [6.07, 6.45) is 3.48. The minimum atomic E-state index is -1.03. The van der Waals surface area contributed by atoms with Gasteiger partial charge >= 0.3 is 5.97 Å². The van der Waals surface area contributed by atoms with Gasteiger partial charge in [-0.1, -0.05) is 0 Å². The van der Waals surface area contributed by atoms with Gasteiger partial charge in [0.1, 0.15) is 5.76 Å². The Morgan fingerprint density at radius 1 is 1.56 bits per heavy atom. The average molecular weight is 253 g/mol. The Bertz CT molecular complexity index is 415. The van der Waals surface area contributed by atoms with E-state index in [-0.39, 0.29) is 11.8 Å². The van der Waals surface area contributed by atoms with Gasteiger partial charge in [0.2, 0.25) is 5.76 Å². The zero-order chi connectivity index (χ0) is 13.1. The molecule has 0 aliphatic heterocycles. The number of carbonyl (C=O) groups is 1. The highest BCUT2D eigenvalue weighted by atomic mass is 16.5. The number of ether oxygens (including phenoxy) is 1. The van der Waals surface area contributed by atoms with E-state index >= 15 is 0 Å². The number of hydrogen-bond donors (Lipinski definition) is 2. The fraction of sp³-hybridized carbons (Fsp3) is 0.615. The van der Waals surface area contributed by atoms with Gasteiger partial charge in [0.15, 0.2) is 0 Å². The summed E-state index contributed by atoms with van der Waals surface area (Å²) in [4.78, 5) is 10.7. The van der Waals surface area contributed by atoms with Crippen LogP contribution in [0.4, 0.5) is 0 Å². The topological polar surface area (TPSA) is 71.7 Å². The molecular weight excluding hydrogens is 234 g/mol. The molecule has 0 bridgehead atoms. The molecule has 1 aromatic heterocycles. The van der Waals surface area contributed by atoms with Crippen LogP contribution in [0.15, 0.2) is 16.5 Å². The fourth-order valence-electron chi connectivity index (χ4n) is 2.44. The summed E-state index contributed by atoms with van der Waals surface area (Å²) in [5.41, 5.74) is 0. The molecule has 1 aliphatic rings. The standard InChI is InChI=1S/C13H19NO4/c1-8(11-5-6-12(18-11)13(15)16)14-9-3-4-10(7-9)17-2/h5-6,8-10,14H,3-4,7H2,1-2H3,(H,15,16). The molecule has 100 valence electrons. The van der Waals surface area contributed by atoms with Crippen molar-refractivity contribution in [2.45, 2.75) is 44.4 Å². The number of aromatic carboxylic acids is 1. The van der Waals surface area contributed by atoms with Gasteiger partial charge < -0.3 is 19.6 Å². The maximum absolute atomic E-state index is 10.7. The summed E-state index contributed by atoms with van der Waals surface area (Å²) < 4.78 is 10.6. The van der Waals surface area contributed by atoms with E-state index in [1.165, 1.54) is 6.07 Å². The Hall–Kier alpha value is -1.33. The van der Waals surface area contributed by atoms with E-state index in [0.717, 1.165) is 19.3 Å². The molecule has 1 heterocycles. The third kappa shape index (κ3) is 2.91. The fourth-order valence-corrected chi connectivity index (χ4v) is 2.44. The molecule has 1 aromatic rings. The number of rotatable bonds is 5. The second-order valence-electron chi connectivity index (χ2n) is 4.76. The van der Waals surface area contributed by atoms with E-state index in [2.05, 4.69) is 5.32 Å². The van der Waals surface area contributed by atoms with Crippen molar-refractivity contribution in [1.82, 2.24) is 5.32 Å². The van der Waals surface area contributed by atoms with Gasteiger partial charge in [-0.05, 0) is 38.3 Å². The highest BCUT2D eigenvalue weighted by Crippen LogP contribution is 2.25. The Labute approximate surface area is 106 Å². The monoisotopic (exact) mass is 253 g/mol. The predicted octanol–water partition coefficient (Wildman–Crippen LogP) is 2.20. The van der Waals surface area contributed by atoms with Crippen LogP contribution in [0.2, 0.25) is 0 Å². The van der Waals surface area contributed by atoms with Crippen LogP contribution in [0.1, 0.15) is 48.5 Å². The maximum atomic E-state index is 10.7. The van der Waals surface area contributed by atoms with Crippen LogP contribution in [0, 0.1) is 0 Å². The second kappa shape index (κ2) is 5.54. The van der Waals surface area contributed by atoms with Crippen LogP contribution in [0.3, 0.4) is 0 Å². The lowest BCUT2D eigenvalue weighted by molar-refractivity contribution is 0.0659. The summed E-state index contributed by atoms with van der Waals surface area (Å²) in [5.74, 6) is -0.387. The smallest absolute Gasteiger partial charge is 0.371 e. The summed E-state index contributed by atoms with van der Waals surface area (Å²) in [5, 5.41) is 12.2. The largest absolute Gasteiger partial charge is 0.475 e. The molecule has 0 amide bonds. The Kier molecular flexibility index (Phi) is 4.04. The number of nitrogens with one attached hydrogen (secondary N) is 1. The first kappa shape index (κ1) is 13.1. The van der Waals surface area contributed by atoms with Crippen molar-refractivity contribution < 1.29 is 19.1 Å². The zero-order valence-corrected chi connectivity index (χ0v) is 10.7. The number of furan rings is 1. The van der Waals surface area contributed by atoms with Gasteiger partial charge in [-0.2, -0.15) is 0 Å². The summed E-state index contributed by atoms with van der Waals surface area (Å²) in [6.45, 7) is 1.98. The first-order valence-corrected chi connectivity index (χ1v) is 6.22. The Morgan fingerprint density at radius 2 is 2.33 bits per heavy atom. The summed E-state index contributed by atoms with van der Waals surface area (Å²) in [6, 6.07) is 3.62. The second-order valence-corrected chi connectivity index (χ2v) is 4.76. The number of hydrogen-bond acceptors (Lipinski definition) is 4. The zero-order valence-electron chi connectivity index (χ0n) is 10.7. The molecule has 18 heavy (non-hydrogen) atoms. The molecule has 2 rings (SSSR count). The van der Waals surface area contributed by atoms with Gasteiger partial charge in [0.25, 0.3) is 0 Å². The van der Waals surface area contributed by atoms with Crippen molar-refractivity contribution in [3.63, 3.8) is 0 Å². The molecule has 5 nitrogen and oxygen atoms in total. The molecule has 3 unspecified atom stereocenters. The molecule has 2 N–H and O–H groups in total. The van der Waals surface area contributed by atoms with Crippen LogP contribution in [-0.2, 0) is 4.74 Å². The average Bonchev–Trinajstić information content (AvgIpc) is 2.97. The van der Waals surface area contributed by atoms with Gasteiger partial charge in [-0.15, -0.1) is 0 Å². The summed E-state index contributed by atoms with van der Waals surface area (Å²) >= 11 is 0. The van der Waals surface area contributed by atoms with Crippen LogP contribution < -0.4 is 5.32 Å². The van der Waals surface area contributed by atoms with Gasteiger partial charge in [-0.3, -0.25) is 0 Å². The lowest BCUT2D eigenvalue weighted by Gasteiger charge is -2.17. The molecule has 0 aromatic carbocycles. The molecule has 5 heteroatoms. The number of carboxylic acid groups (broad SMARTS) is 1. The molecule has 1 fully saturated rings. The minimum Gasteiger partial charge on any atom is -0.475 e. The van der Waals surface area contributed by atoms with Gasteiger partial charge in [0, 0.05) is 13.2 Å². The van der Waals surface area contributed by atoms with Crippen molar-refractivity contribution in [1.29, 1.82) is 0 Å². The van der Waals surface area contributed by atoms with Crippen LogP contribution in [0.5, 0.6) is 0 Å². The quantitative estimate of drug-likeness (QED) is 0.841. The van der Waals surface area contributed by atoms with E-state index in [0.29, 0.717) is 17.9 Å². The van der Waals surface area contributed by atoms with Gasteiger partial charge in [-0.25, -0.2) is 4.79 Å². The van der Waals surface area contributed by atoms with Crippen molar-refractivity contribution in [2.75, 3.05) is 7.11 Å².